The van der Waals surface area contributed by atoms with Crippen LogP contribution < -0.4 is 10.6 Å². The van der Waals surface area contributed by atoms with E-state index >= 15 is 0 Å². The topological polar surface area (TPSA) is 24.1 Å². The van der Waals surface area contributed by atoms with Crippen LogP contribution in [-0.2, 0) is 6.42 Å². The molecule has 0 amide bonds. The summed E-state index contributed by atoms with van der Waals surface area (Å²) in [7, 11) is 0. The summed E-state index contributed by atoms with van der Waals surface area (Å²) >= 11 is 5.26. The van der Waals surface area contributed by atoms with E-state index in [1.165, 1.54) is 18.4 Å². The van der Waals surface area contributed by atoms with Gasteiger partial charge in [0.15, 0.2) is 5.11 Å². The Labute approximate surface area is 109 Å². The van der Waals surface area contributed by atoms with E-state index in [-0.39, 0.29) is 0 Å². The highest BCUT2D eigenvalue weighted by Gasteiger charge is 2.21. The molecule has 1 aromatic rings. The van der Waals surface area contributed by atoms with Crippen molar-refractivity contribution in [3.05, 3.63) is 35.9 Å². The molecule has 1 aliphatic carbocycles. The zero-order valence-electron chi connectivity index (χ0n) is 10.3. The summed E-state index contributed by atoms with van der Waals surface area (Å²) < 4.78 is 0. The van der Waals surface area contributed by atoms with Crippen LogP contribution in [-0.4, -0.2) is 17.2 Å². The SMILES string of the molecule is CC(CCc1ccccc1)NC(=S)NC1CC1. The third-order valence-electron chi connectivity index (χ3n) is 3.00. The minimum absolute atomic E-state index is 0.425. The van der Waals surface area contributed by atoms with Crippen LogP contribution in [0.15, 0.2) is 30.3 Å². The Bertz CT molecular complexity index is 360. The second-order valence-electron chi connectivity index (χ2n) is 4.82. The predicted octanol–water partition coefficient (Wildman–Crippen LogP) is 2.63. The van der Waals surface area contributed by atoms with Crippen molar-refractivity contribution in [1.29, 1.82) is 0 Å². The summed E-state index contributed by atoms with van der Waals surface area (Å²) in [4.78, 5) is 0. The molecule has 0 aliphatic heterocycles. The molecule has 2 nitrogen and oxygen atoms in total. The maximum absolute atomic E-state index is 5.26. The average molecular weight is 248 g/mol. The summed E-state index contributed by atoms with van der Waals surface area (Å²) in [6.07, 6.45) is 4.73. The van der Waals surface area contributed by atoms with E-state index in [4.69, 9.17) is 12.2 Å². The Morgan fingerprint density at radius 1 is 1.35 bits per heavy atom. The van der Waals surface area contributed by atoms with Crippen LogP contribution >= 0.6 is 12.2 Å². The lowest BCUT2D eigenvalue weighted by Crippen LogP contribution is -2.41. The summed E-state index contributed by atoms with van der Waals surface area (Å²) in [6.45, 7) is 2.18. The second-order valence-corrected chi connectivity index (χ2v) is 5.23. The number of thiocarbonyl (C=S) groups is 1. The van der Waals surface area contributed by atoms with Crippen molar-refractivity contribution in [2.24, 2.45) is 0 Å². The molecule has 1 aromatic carbocycles. The predicted molar refractivity (Wildman–Crippen MR) is 76.1 cm³/mol. The van der Waals surface area contributed by atoms with Crippen LogP contribution in [0.5, 0.6) is 0 Å². The molecule has 0 radical (unpaired) electrons. The molecule has 2 rings (SSSR count). The Balaban J connectivity index is 1.66. The van der Waals surface area contributed by atoms with E-state index in [1.807, 2.05) is 0 Å². The third-order valence-corrected chi connectivity index (χ3v) is 3.23. The molecule has 2 N–H and O–H groups in total. The van der Waals surface area contributed by atoms with Crippen molar-refractivity contribution in [3.63, 3.8) is 0 Å². The molecular formula is C14H20N2S. The van der Waals surface area contributed by atoms with Crippen LogP contribution in [0.1, 0.15) is 31.7 Å². The van der Waals surface area contributed by atoms with E-state index in [9.17, 15) is 0 Å². The molecule has 3 heteroatoms. The van der Waals surface area contributed by atoms with Crippen molar-refractivity contribution < 1.29 is 0 Å². The van der Waals surface area contributed by atoms with Gasteiger partial charge in [-0.2, -0.15) is 0 Å². The molecule has 92 valence electrons. The van der Waals surface area contributed by atoms with Gasteiger partial charge in [0.05, 0.1) is 0 Å². The quantitative estimate of drug-likeness (QED) is 0.783. The van der Waals surface area contributed by atoms with Gasteiger partial charge in [0.2, 0.25) is 0 Å². The second kappa shape index (κ2) is 6.01. The zero-order chi connectivity index (χ0) is 12.1. The molecule has 0 bridgehead atoms. The van der Waals surface area contributed by atoms with Gasteiger partial charge >= 0.3 is 0 Å². The van der Waals surface area contributed by atoms with E-state index in [0.717, 1.165) is 18.0 Å². The Morgan fingerprint density at radius 3 is 2.71 bits per heavy atom. The van der Waals surface area contributed by atoms with Gasteiger partial charge in [-0.05, 0) is 50.4 Å². The number of hydrogen-bond donors (Lipinski definition) is 2. The van der Waals surface area contributed by atoms with Crippen LogP contribution in [0, 0.1) is 0 Å². The molecule has 1 unspecified atom stereocenters. The molecule has 1 aliphatic rings. The Hall–Kier alpha value is -1.09. The average Bonchev–Trinajstić information content (AvgIpc) is 3.11. The van der Waals surface area contributed by atoms with Gasteiger partial charge in [-0.15, -0.1) is 0 Å². The van der Waals surface area contributed by atoms with Gasteiger partial charge in [0.1, 0.15) is 0 Å². The Kier molecular flexibility index (Phi) is 4.37. The van der Waals surface area contributed by atoms with E-state index in [0.29, 0.717) is 12.1 Å². The number of aryl methyl sites for hydroxylation is 1. The lowest BCUT2D eigenvalue weighted by molar-refractivity contribution is 0.599. The van der Waals surface area contributed by atoms with Crippen molar-refractivity contribution in [2.45, 2.75) is 44.7 Å². The standard InChI is InChI=1S/C14H20N2S/c1-11(15-14(17)16-13-9-10-13)7-8-12-5-3-2-4-6-12/h2-6,11,13H,7-10H2,1H3,(H2,15,16,17). The molecule has 0 saturated heterocycles. The molecule has 1 atom stereocenters. The molecular weight excluding hydrogens is 228 g/mol. The van der Waals surface area contributed by atoms with Gasteiger partial charge in [-0.3, -0.25) is 0 Å². The van der Waals surface area contributed by atoms with Crippen LogP contribution in [0.25, 0.3) is 0 Å². The minimum Gasteiger partial charge on any atom is -0.360 e. The van der Waals surface area contributed by atoms with E-state index in [1.54, 1.807) is 0 Å². The maximum atomic E-state index is 5.26. The summed E-state index contributed by atoms with van der Waals surface area (Å²) in [6, 6.07) is 11.6. The molecule has 0 aromatic heterocycles. The monoisotopic (exact) mass is 248 g/mol. The molecule has 0 spiro atoms. The molecule has 1 fully saturated rings. The van der Waals surface area contributed by atoms with E-state index < -0.39 is 0 Å². The zero-order valence-corrected chi connectivity index (χ0v) is 11.1. The lowest BCUT2D eigenvalue weighted by Gasteiger charge is -2.16. The van der Waals surface area contributed by atoms with E-state index in [2.05, 4.69) is 47.9 Å². The van der Waals surface area contributed by atoms with Crippen molar-refractivity contribution in [1.82, 2.24) is 10.6 Å². The maximum Gasteiger partial charge on any atom is 0.166 e. The number of nitrogens with one attached hydrogen (secondary N) is 2. The first-order chi connectivity index (χ1) is 8.24. The highest BCUT2D eigenvalue weighted by molar-refractivity contribution is 7.80. The minimum atomic E-state index is 0.425. The molecule has 0 heterocycles. The Morgan fingerprint density at radius 2 is 2.06 bits per heavy atom. The van der Waals surface area contributed by atoms with Gasteiger partial charge in [0, 0.05) is 12.1 Å². The summed E-state index contributed by atoms with van der Waals surface area (Å²) in [5, 5.41) is 7.46. The first kappa shape index (κ1) is 12.4. The highest BCUT2D eigenvalue weighted by Crippen LogP contribution is 2.18. The van der Waals surface area contributed by atoms with Gasteiger partial charge in [-0.1, -0.05) is 30.3 Å². The first-order valence-corrected chi connectivity index (χ1v) is 6.76. The number of hydrogen-bond acceptors (Lipinski definition) is 1. The molecule has 1 saturated carbocycles. The molecule has 17 heavy (non-hydrogen) atoms. The normalized spacial score (nSPS) is 16.3. The largest absolute Gasteiger partial charge is 0.360 e. The fourth-order valence-electron chi connectivity index (χ4n) is 1.78. The fourth-order valence-corrected chi connectivity index (χ4v) is 2.15. The highest BCUT2D eigenvalue weighted by atomic mass is 32.1. The van der Waals surface area contributed by atoms with Crippen molar-refractivity contribution in [2.75, 3.05) is 0 Å². The first-order valence-electron chi connectivity index (χ1n) is 6.35. The number of rotatable bonds is 5. The smallest absolute Gasteiger partial charge is 0.166 e. The van der Waals surface area contributed by atoms with Crippen LogP contribution in [0.3, 0.4) is 0 Å². The fraction of sp³-hybridized carbons (Fsp3) is 0.500. The lowest BCUT2D eigenvalue weighted by atomic mass is 10.1. The summed E-state index contributed by atoms with van der Waals surface area (Å²) in [5.74, 6) is 0. The van der Waals surface area contributed by atoms with Crippen LogP contribution in [0.4, 0.5) is 0 Å². The van der Waals surface area contributed by atoms with Crippen molar-refractivity contribution >= 4 is 17.3 Å². The third kappa shape index (κ3) is 4.73. The summed E-state index contributed by atoms with van der Waals surface area (Å²) in [5.41, 5.74) is 1.39. The van der Waals surface area contributed by atoms with Crippen molar-refractivity contribution in [3.8, 4) is 0 Å². The van der Waals surface area contributed by atoms with Gasteiger partial charge < -0.3 is 10.6 Å². The van der Waals surface area contributed by atoms with Crippen LogP contribution in [0.2, 0.25) is 0 Å². The van der Waals surface area contributed by atoms with Gasteiger partial charge in [0.25, 0.3) is 0 Å². The number of benzene rings is 1. The van der Waals surface area contributed by atoms with Gasteiger partial charge in [-0.25, -0.2) is 0 Å².